The molecule has 8 heteroatoms. The maximum Gasteiger partial charge on any atom is 0.211 e. The Morgan fingerprint density at radius 3 is 2.67 bits per heavy atom. The lowest BCUT2D eigenvalue weighted by molar-refractivity contribution is 0.143. The fraction of sp³-hybridized carbons (Fsp3) is 0.560. The van der Waals surface area contributed by atoms with Crippen molar-refractivity contribution >= 4 is 10.0 Å². The Morgan fingerprint density at radius 2 is 1.91 bits per heavy atom. The van der Waals surface area contributed by atoms with E-state index in [1.807, 2.05) is 36.4 Å². The van der Waals surface area contributed by atoms with Crippen LogP contribution in [0.4, 0.5) is 0 Å². The Kier molecular flexibility index (Phi) is 10.4. The van der Waals surface area contributed by atoms with Gasteiger partial charge in [-0.3, -0.25) is 4.98 Å². The van der Waals surface area contributed by atoms with Crippen molar-refractivity contribution in [1.82, 2.24) is 9.71 Å². The lowest BCUT2D eigenvalue weighted by Crippen LogP contribution is -2.28. The lowest BCUT2D eigenvalue weighted by atomic mass is 9.97. The van der Waals surface area contributed by atoms with Gasteiger partial charge in [-0.2, -0.15) is 0 Å². The van der Waals surface area contributed by atoms with Crippen LogP contribution in [0.5, 0.6) is 11.5 Å². The summed E-state index contributed by atoms with van der Waals surface area (Å²) in [7, 11) is -1.70. The molecule has 33 heavy (non-hydrogen) atoms. The molecule has 182 valence electrons. The number of rotatable bonds is 14. The molecule has 1 aliphatic carbocycles. The van der Waals surface area contributed by atoms with Gasteiger partial charge in [0, 0.05) is 38.0 Å². The molecule has 2 aromatic rings. The van der Waals surface area contributed by atoms with Crippen molar-refractivity contribution in [3.63, 3.8) is 0 Å². The van der Waals surface area contributed by atoms with Gasteiger partial charge < -0.3 is 14.2 Å². The number of nitrogens with zero attached hydrogens (tertiary/aromatic N) is 1. The minimum atomic E-state index is -3.34. The number of methoxy groups -OCH3 is 1. The summed E-state index contributed by atoms with van der Waals surface area (Å²) in [6.07, 6.45) is 9.39. The largest absolute Gasteiger partial charge is 0.491 e. The normalized spacial score (nSPS) is 14.8. The van der Waals surface area contributed by atoms with Gasteiger partial charge in [0.2, 0.25) is 10.0 Å². The maximum absolute atomic E-state index is 12.4. The molecule has 1 N–H and O–H groups in total. The average molecular weight is 477 g/mol. The third-order valence-corrected chi connectivity index (χ3v) is 7.20. The quantitative estimate of drug-likeness (QED) is 0.416. The molecule has 1 heterocycles. The highest BCUT2D eigenvalue weighted by molar-refractivity contribution is 7.89. The zero-order chi connectivity index (χ0) is 23.4. The van der Waals surface area contributed by atoms with Crippen LogP contribution >= 0.6 is 0 Å². The molecule has 0 unspecified atom stereocenters. The van der Waals surface area contributed by atoms with Gasteiger partial charge in [0.1, 0.15) is 18.1 Å². The van der Waals surface area contributed by atoms with Crippen LogP contribution in [0.25, 0.3) is 0 Å². The van der Waals surface area contributed by atoms with Crippen molar-refractivity contribution in [2.45, 2.75) is 57.5 Å². The van der Waals surface area contributed by atoms with Crippen LogP contribution in [-0.2, 0) is 27.6 Å². The summed E-state index contributed by atoms with van der Waals surface area (Å²) in [5.41, 5.74) is 1.89. The smallest absolute Gasteiger partial charge is 0.211 e. The fourth-order valence-corrected chi connectivity index (χ4v) is 5.03. The second-order valence-corrected chi connectivity index (χ2v) is 10.3. The van der Waals surface area contributed by atoms with Crippen LogP contribution in [-0.4, -0.2) is 52.1 Å². The molecule has 3 rings (SSSR count). The van der Waals surface area contributed by atoms with Crippen molar-refractivity contribution in [2.24, 2.45) is 0 Å². The van der Waals surface area contributed by atoms with Crippen LogP contribution in [0.2, 0.25) is 0 Å². The number of nitrogens with one attached hydrogen (secondary N) is 1. The number of aromatic nitrogens is 1. The fourth-order valence-electron chi connectivity index (χ4n) is 3.95. The van der Waals surface area contributed by atoms with Gasteiger partial charge in [-0.1, -0.05) is 18.6 Å². The van der Waals surface area contributed by atoms with E-state index >= 15 is 0 Å². The van der Waals surface area contributed by atoms with Gasteiger partial charge in [0.25, 0.3) is 0 Å². The summed E-state index contributed by atoms with van der Waals surface area (Å²) in [5, 5.41) is 0. The molecular formula is C25H36N2O5S. The highest BCUT2D eigenvalue weighted by atomic mass is 32.2. The van der Waals surface area contributed by atoms with Gasteiger partial charge in [-0.05, 0) is 62.3 Å². The highest BCUT2D eigenvalue weighted by Gasteiger charge is 2.18. The minimum absolute atomic E-state index is 0.0736. The molecule has 0 atom stereocenters. The molecule has 0 saturated heterocycles. The number of hydrogen-bond acceptors (Lipinski definition) is 6. The summed E-state index contributed by atoms with van der Waals surface area (Å²) in [6.45, 7) is 1.34. The van der Waals surface area contributed by atoms with Gasteiger partial charge >= 0.3 is 0 Å². The van der Waals surface area contributed by atoms with E-state index in [0.29, 0.717) is 39.0 Å². The molecule has 7 nitrogen and oxygen atoms in total. The van der Waals surface area contributed by atoms with E-state index in [1.165, 1.54) is 19.3 Å². The summed E-state index contributed by atoms with van der Waals surface area (Å²) in [4.78, 5) is 4.22. The van der Waals surface area contributed by atoms with Crippen LogP contribution in [0, 0.1) is 0 Å². The number of hydrogen-bond donors (Lipinski definition) is 1. The Bertz CT molecular complexity index is 931. The molecule has 0 aliphatic heterocycles. The first-order valence-electron chi connectivity index (χ1n) is 11.8. The summed E-state index contributed by atoms with van der Waals surface area (Å²) in [6, 6.07) is 11.5. The van der Waals surface area contributed by atoms with Crippen molar-refractivity contribution in [1.29, 1.82) is 0 Å². The third kappa shape index (κ3) is 9.31. The monoisotopic (exact) mass is 476 g/mol. The number of sulfonamides is 1. The second-order valence-electron chi connectivity index (χ2n) is 8.38. The molecule has 0 amide bonds. The van der Waals surface area contributed by atoms with Crippen LogP contribution in [0.3, 0.4) is 0 Å². The van der Waals surface area contributed by atoms with Gasteiger partial charge in [0.15, 0.2) is 0 Å². The average Bonchev–Trinajstić information content (AvgIpc) is 2.82. The molecule has 1 aromatic heterocycles. The van der Waals surface area contributed by atoms with Crippen molar-refractivity contribution < 1.29 is 22.6 Å². The second kappa shape index (κ2) is 13.5. The lowest BCUT2D eigenvalue weighted by Gasteiger charge is -2.25. The predicted molar refractivity (Wildman–Crippen MR) is 129 cm³/mol. The SMILES string of the molecule is COCCOc1ccc(CCCS(=O)(=O)NCCc2ccccn2)c(OC2CCCCC2)c1. The van der Waals surface area contributed by atoms with E-state index in [-0.39, 0.29) is 11.9 Å². The van der Waals surface area contributed by atoms with Crippen LogP contribution in [0.15, 0.2) is 42.6 Å². The topological polar surface area (TPSA) is 86.8 Å². The number of ether oxygens (including phenoxy) is 3. The van der Waals surface area contributed by atoms with Crippen molar-refractivity contribution in [3.8, 4) is 11.5 Å². The number of aryl methyl sites for hydroxylation is 1. The molecule has 0 spiro atoms. The van der Waals surface area contributed by atoms with Crippen molar-refractivity contribution in [2.75, 3.05) is 32.6 Å². The Hall–Kier alpha value is -2.16. The van der Waals surface area contributed by atoms with E-state index in [4.69, 9.17) is 14.2 Å². The standard InChI is InChI=1S/C25H36N2O5S/c1-30-17-18-31-24-13-12-21(25(20-24)32-23-10-3-2-4-11-23)8-7-19-33(28,29)27-16-14-22-9-5-6-15-26-22/h5-6,9,12-13,15,20,23,27H,2-4,7-8,10-11,14,16-19H2,1H3. The Balaban J connectivity index is 1.53. The molecule has 1 fully saturated rings. The zero-order valence-corrected chi connectivity index (χ0v) is 20.3. The van der Waals surface area contributed by atoms with E-state index in [2.05, 4.69) is 9.71 Å². The zero-order valence-electron chi connectivity index (χ0n) is 19.5. The van der Waals surface area contributed by atoms with Gasteiger partial charge in [-0.25, -0.2) is 13.1 Å². The first kappa shape index (κ1) is 25.5. The third-order valence-electron chi connectivity index (χ3n) is 5.73. The van der Waals surface area contributed by atoms with Crippen LogP contribution in [0.1, 0.15) is 49.8 Å². The van der Waals surface area contributed by atoms with Crippen molar-refractivity contribution in [3.05, 3.63) is 53.9 Å². The van der Waals surface area contributed by atoms with Gasteiger partial charge in [0.05, 0.1) is 18.5 Å². The molecule has 1 saturated carbocycles. The van der Waals surface area contributed by atoms with Crippen LogP contribution < -0.4 is 14.2 Å². The number of pyridine rings is 1. The van der Waals surface area contributed by atoms with E-state index in [1.54, 1.807) is 13.3 Å². The predicted octanol–water partition coefficient (Wildman–Crippen LogP) is 3.91. The molecule has 0 radical (unpaired) electrons. The summed E-state index contributed by atoms with van der Waals surface area (Å²) in [5.74, 6) is 1.62. The summed E-state index contributed by atoms with van der Waals surface area (Å²) < 4.78 is 44.7. The first-order chi connectivity index (χ1) is 16.1. The Labute approximate surface area is 197 Å². The molecule has 1 aliphatic rings. The Morgan fingerprint density at radius 1 is 1.06 bits per heavy atom. The minimum Gasteiger partial charge on any atom is -0.491 e. The maximum atomic E-state index is 12.4. The molecule has 1 aromatic carbocycles. The van der Waals surface area contributed by atoms with Gasteiger partial charge in [-0.15, -0.1) is 0 Å². The molecular weight excluding hydrogens is 440 g/mol. The first-order valence-corrected chi connectivity index (χ1v) is 13.5. The van der Waals surface area contributed by atoms with E-state index in [9.17, 15) is 8.42 Å². The van der Waals surface area contributed by atoms with E-state index in [0.717, 1.165) is 35.6 Å². The summed E-state index contributed by atoms with van der Waals surface area (Å²) >= 11 is 0. The van der Waals surface area contributed by atoms with E-state index < -0.39 is 10.0 Å². The highest BCUT2D eigenvalue weighted by Crippen LogP contribution is 2.30. The molecule has 0 bridgehead atoms. The number of benzene rings is 1.